The van der Waals surface area contributed by atoms with Crippen LogP contribution >= 0.6 is 38.5 Å². The molecule has 0 spiro atoms. The van der Waals surface area contributed by atoms with Gasteiger partial charge in [0.1, 0.15) is 5.75 Å². The van der Waals surface area contributed by atoms with Crippen LogP contribution in [-0.4, -0.2) is 20.9 Å². The first-order valence-corrected chi connectivity index (χ1v) is 12.2. The summed E-state index contributed by atoms with van der Waals surface area (Å²) in [5.74, 6) is 0.279. The molecule has 2 N–H and O–H groups in total. The highest BCUT2D eigenvalue weighted by molar-refractivity contribution is 14.1. The number of rotatable bonds is 7. The van der Waals surface area contributed by atoms with Crippen molar-refractivity contribution in [3.05, 3.63) is 80.3 Å². The molecule has 3 aromatic carbocycles. The summed E-state index contributed by atoms with van der Waals surface area (Å²) in [7, 11) is -3.72. The molecule has 0 radical (unpaired) electrons. The smallest absolute Gasteiger partial charge is 0.262 e. The van der Waals surface area contributed by atoms with E-state index in [4.69, 9.17) is 4.74 Å². The van der Waals surface area contributed by atoms with Crippen molar-refractivity contribution in [1.29, 1.82) is 0 Å². The molecule has 0 saturated heterocycles. The SMILES string of the molecule is Cc1cc(Br)ccc1OCC(=O)Nc1ccc(S(=O)(=O)Nc2ccc(I)cc2)cc1. The fourth-order valence-corrected chi connectivity index (χ4v) is 4.46. The number of ether oxygens (including phenoxy) is 1. The molecule has 0 atom stereocenters. The van der Waals surface area contributed by atoms with Crippen LogP contribution in [0.3, 0.4) is 0 Å². The number of hydrogen-bond donors (Lipinski definition) is 2. The van der Waals surface area contributed by atoms with Gasteiger partial charge in [0.15, 0.2) is 6.61 Å². The molecular weight excluding hydrogens is 583 g/mol. The predicted octanol–water partition coefficient (Wildman–Crippen LogP) is 5.18. The largest absolute Gasteiger partial charge is 0.483 e. The fraction of sp³-hybridized carbons (Fsp3) is 0.0952. The van der Waals surface area contributed by atoms with E-state index >= 15 is 0 Å². The van der Waals surface area contributed by atoms with Gasteiger partial charge in [-0.15, -0.1) is 0 Å². The minimum absolute atomic E-state index is 0.0980. The predicted molar refractivity (Wildman–Crippen MR) is 129 cm³/mol. The van der Waals surface area contributed by atoms with Gasteiger partial charge in [-0.05, 0) is 102 Å². The Labute approximate surface area is 197 Å². The first kappa shape index (κ1) is 22.6. The van der Waals surface area contributed by atoms with E-state index in [2.05, 4.69) is 48.6 Å². The lowest BCUT2D eigenvalue weighted by Crippen LogP contribution is -2.20. The van der Waals surface area contributed by atoms with Gasteiger partial charge < -0.3 is 10.1 Å². The lowest BCUT2D eigenvalue weighted by molar-refractivity contribution is -0.118. The average molecular weight is 601 g/mol. The quantitative estimate of drug-likeness (QED) is 0.366. The van der Waals surface area contributed by atoms with Crippen molar-refractivity contribution in [2.24, 2.45) is 0 Å². The van der Waals surface area contributed by atoms with Crippen LogP contribution in [0.2, 0.25) is 0 Å². The van der Waals surface area contributed by atoms with Gasteiger partial charge in [-0.2, -0.15) is 0 Å². The molecule has 0 heterocycles. The van der Waals surface area contributed by atoms with Gasteiger partial charge in [0, 0.05) is 19.4 Å². The third-order valence-corrected chi connectivity index (χ3v) is 6.65. The lowest BCUT2D eigenvalue weighted by Gasteiger charge is -2.11. The molecule has 3 aromatic rings. The van der Waals surface area contributed by atoms with E-state index < -0.39 is 10.0 Å². The highest BCUT2D eigenvalue weighted by atomic mass is 127. The summed E-state index contributed by atoms with van der Waals surface area (Å²) in [6, 6.07) is 18.5. The zero-order valence-electron chi connectivity index (χ0n) is 15.9. The molecule has 0 fully saturated rings. The number of nitrogens with one attached hydrogen (secondary N) is 2. The summed E-state index contributed by atoms with van der Waals surface area (Å²) in [5.41, 5.74) is 1.87. The normalized spacial score (nSPS) is 11.0. The summed E-state index contributed by atoms with van der Waals surface area (Å²) in [5, 5.41) is 2.69. The summed E-state index contributed by atoms with van der Waals surface area (Å²) >= 11 is 5.53. The monoisotopic (exact) mass is 600 g/mol. The van der Waals surface area contributed by atoms with E-state index in [1.54, 1.807) is 18.2 Å². The number of hydrogen-bond acceptors (Lipinski definition) is 4. The molecule has 3 rings (SSSR count). The van der Waals surface area contributed by atoms with Crippen LogP contribution in [0, 0.1) is 10.5 Å². The number of carbonyl (C=O) groups is 1. The van der Waals surface area contributed by atoms with Gasteiger partial charge in [0.25, 0.3) is 15.9 Å². The van der Waals surface area contributed by atoms with E-state index in [0.29, 0.717) is 17.1 Å². The van der Waals surface area contributed by atoms with Crippen molar-refractivity contribution < 1.29 is 17.9 Å². The Bertz CT molecular complexity index is 1150. The van der Waals surface area contributed by atoms with Gasteiger partial charge in [-0.3, -0.25) is 9.52 Å². The Hall–Kier alpha value is -2.11. The van der Waals surface area contributed by atoms with Crippen molar-refractivity contribution >= 4 is 65.8 Å². The number of anilines is 2. The van der Waals surface area contributed by atoms with E-state index in [-0.39, 0.29) is 17.4 Å². The summed E-state index contributed by atoms with van der Waals surface area (Å²) < 4.78 is 35.0. The van der Waals surface area contributed by atoms with Crippen LogP contribution in [0.25, 0.3) is 0 Å². The fourth-order valence-electron chi connectivity index (χ4n) is 2.56. The Morgan fingerprint density at radius 1 is 1.00 bits per heavy atom. The number of sulfonamides is 1. The minimum atomic E-state index is -3.72. The zero-order chi connectivity index (χ0) is 21.7. The highest BCUT2D eigenvalue weighted by Gasteiger charge is 2.14. The standard InChI is InChI=1S/C21H18BrIN2O4S/c1-14-12-15(22)2-11-20(14)29-13-21(26)24-17-7-9-19(10-8-17)30(27,28)25-18-5-3-16(23)4-6-18/h2-12,25H,13H2,1H3,(H,24,26). The molecule has 156 valence electrons. The first-order valence-electron chi connectivity index (χ1n) is 8.80. The Morgan fingerprint density at radius 2 is 1.63 bits per heavy atom. The second-order valence-electron chi connectivity index (χ2n) is 6.38. The summed E-state index contributed by atoms with van der Waals surface area (Å²) in [6.07, 6.45) is 0. The molecule has 0 aliphatic heterocycles. The third kappa shape index (κ3) is 6.19. The number of amides is 1. The van der Waals surface area contributed by atoms with Gasteiger partial charge in [-0.1, -0.05) is 15.9 Å². The first-order chi connectivity index (χ1) is 14.2. The van der Waals surface area contributed by atoms with Crippen molar-refractivity contribution in [2.45, 2.75) is 11.8 Å². The van der Waals surface area contributed by atoms with Crippen molar-refractivity contribution in [3.8, 4) is 5.75 Å². The second-order valence-corrected chi connectivity index (χ2v) is 10.2. The maximum atomic E-state index is 12.5. The van der Waals surface area contributed by atoms with Crippen LogP contribution in [0.1, 0.15) is 5.56 Å². The molecule has 0 bridgehead atoms. The number of halogens is 2. The molecule has 6 nitrogen and oxygen atoms in total. The molecule has 1 amide bonds. The molecular formula is C21H18BrIN2O4S. The highest BCUT2D eigenvalue weighted by Crippen LogP contribution is 2.22. The Kier molecular flexibility index (Phi) is 7.37. The van der Waals surface area contributed by atoms with Crippen LogP contribution in [0.15, 0.2) is 76.1 Å². The minimum Gasteiger partial charge on any atom is -0.483 e. The maximum absolute atomic E-state index is 12.5. The molecule has 0 aliphatic rings. The van der Waals surface area contributed by atoms with E-state index in [9.17, 15) is 13.2 Å². The molecule has 0 aromatic heterocycles. The van der Waals surface area contributed by atoms with Crippen LogP contribution in [0.4, 0.5) is 11.4 Å². The molecule has 0 saturated carbocycles. The zero-order valence-corrected chi connectivity index (χ0v) is 20.4. The van der Waals surface area contributed by atoms with Crippen molar-refractivity contribution in [2.75, 3.05) is 16.6 Å². The van der Waals surface area contributed by atoms with Crippen LogP contribution in [0.5, 0.6) is 5.75 Å². The number of benzene rings is 3. The Morgan fingerprint density at radius 3 is 2.27 bits per heavy atom. The Balaban J connectivity index is 1.59. The van der Waals surface area contributed by atoms with Crippen molar-refractivity contribution in [1.82, 2.24) is 0 Å². The van der Waals surface area contributed by atoms with Gasteiger partial charge in [0.2, 0.25) is 0 Å². The number of aryl methyl sites for hydroxylation is 1. The van der Waals surface area contributed by atoms with E-state index in [0.717, 1.165) is 13.6 Å². The number of carbonyl (C=O) groups excluding carboxylic acids is 1. The molecule has 0 unspecified atom stereocenters. The summed E-state index contributed by atoms with van der Waals surface area (Å²) in [6.45, 7) is 1.73. The third-order valence-electron chi connectivity index (χ3n) is 4.04. The van der Waals surface area contributed by atoms with Gasteiger partial charge >= 0.3 is 0 Å². The average Bonchev–Trinajstić information content (AvgIpc) is 2.69. The summed E-state index contributed by atoms with van der Waals surface area (Å²) in [4.78, 5) is 12.2. The van der Waals surface area contributed by atoms with E-state index in [1.165, 1.54) is 24.3 Å². The van der Waals surface area contributed by atoms with Crippen molar-refractivity contribution in [3.63, 3.8) is 0 Å². The second kappa shape index (κ2) is 9.80. The lowest BCUT2D eigenvalue weighted by atomic mass is 10.2. The molecule has 0 aliphatic carbocycles. The molecule has 30 heavy (non-hydrogen) atoms. The van der Waals surface area contributed by atoms with Crippen LogP contribution < -0.4 is 14.8 Å². The van der Waals surface area contributed by atoms with E-state index in [1.807, 2.05) is 31.2 Å². The maximum Gasteiger partial charge on any atom is 0.262 e. The van der Waals surface area contributed by atoms with Gasteiger partial charge in [0.05, 0.1) is 4.90 Å². The molecule has 9 heteroatoms. The van der Waals surface area contributed by atoms with Gasteiger partial charge in [-0.25, -0.2) is 8.42 Å². The van der Waals surface area contributed by atoms with Crippen LogP contribution in [-0.2, 0) is 14.8 Å². The topological polar surface area (TPSA) is 84.5 Å².